The first-order chi connectivity index (χ1) is 13.2. The van der Waals surface area contributed by atoms with Crippen LogP contribution in [0.1, 0.15) is 24.6 Å². The molecule has 0 saturated heterocycles. The van der Waals surface area contributed by atoms with Gasteiger partial charge in [-0.2, -0.15) is 0 Å². The first kappa shape index (κ1) is 29.1. The van der Waals surface area contributed by atoms with Crippen LogP contribution >= 0.6 is 18.9 Å². The Labute approximate surface area is 201 Å². The van der Waals surface area contributed by atoms with Crippen molar-refractivity contribution in [1.82, 2.24) is 10.1 Å². The maximum Gasteiger partial charge on any atom is 1.00 e. The number of nitrogens with zero attached hydrogens (tertiary/aromatic N) is 1. The summed E-state index contributed by atoms with van der Waals surface area (Å²) in [6, 6.07) is 4.25. The van der Waals surface area contributed by atoms with Crippen molar-refractivity contribution >= 4 is 35.9 Å². The Bertz CT molecular complexity index is 885. The third-order valence-corrected chi connectivity index (χ3v) is 6.19. The third-order valence-electron chi connectivity index (χ3n) is 3.65. The van der Waals surface area contributed by atoms with Crippen LogP contribution in [0.4, 0.5) is 9.52 Å². The van der Waals surface area contributed by atoms with Crippen LogP contribution < -0.4 is 58.1 Å². The predicted octanol–water partition coefficient (Wildman–Crippen LogP) is -5.31. The number of aliphatic carboxylic acids is 1. The number of thiazole rings is 1. The number of nitrogens with one attached hydrogen (secondary N) is 2. The molecule has 0 radical (unpaired) electrons. The van der Waals surface area contributed by atoms with E-state index >= 15 is 0 Å². The smallest absolute Gasteiger partial charge is 0.788 e. The largest absolute Gasteiger partial charge is 1.00 e. The third kappa shape index (κ3) is 9.91. The van der Waals surface area contributed by atoms with Crippen molar-refractivity contribution in [1.29, 1.82) is 0 Å². The molecule has 0 saturated carbocycles. The average molecular weight is 441 g/mol. The number of carbonyl (C=O) groups excluding carboxylic acids is 2. The molecule has 8 nitrogen and oxygen atoms in total. The Morgan fingerprint density at radius 1 is 1.27 bits per heavy atom. The van der Waals surface area contributed by atoms with Gasteiger partial charge in [0.2, 0.25) is 5.91 Å². The van der Waals surface area contributed by atoms with Crippen LogP contribution in [0, 0.1) is 5.82 Å². The second-order valence-corrected chi connectivity index (χ2v) is 9.00. The molecule has 0 spiro atoms. The molecule has 1 amide bonds. The Morgan fingerprint density at radius 2 is 1.90 bits per heavy atom. The number of halogens is 1. The van der Waals surface area contributed by atoms with Crippen LogP contribution in [0.25, 0.3) is 0 Å². The van der Waals surface area contributed by atoms with Gasteiger partial charge in [-0.1, -0.05) is 19.1 Å². The molecule has 2 N–H and O–H groups in total. The van der Waals surface area contributed by atoms with Gasteiger partial charge in [-0.15, -0.1) is 11.3 Å². The summed E-state index contributed by atoms with van der Waals surface area (Å²) in [6.45, 7) is 1.70. The summed E-state index contributed by atoms with van der Waals surface area (Å²) in [5.74, 6) is -2.39. The average Bonchev–Trinajstić information content (AvgIpc) is 3.02. The standard InChI is InChI=1S/C17H21FN3O5PS.2Li/c1-2-7-27(25,26)21-14(8-11-3-5-12(18)6-4-11)16(24)20-17-19-13(10-28-17)9-15(22)23;;/h3-6,10,14H,2,7-9H2,1H3,(H,22,23)(H,19,20,24)(H2,21,25,26);;/q;2*+1/p-2. The van der Waals surface area contributed by atoms with Crippen LogP contribution in [-0.2, 0) is 27.0 Å². The number of carbonyl (C=O) groups is 2. The summed E-state index contributed by atoms with van der Waals surface area (Å²) in [6.07, 6.45) is -0.111. The maximum atomic E-state index is 13.1. The molecular formula is C17H19FLi2N3O5PS. The summed E-state index contributed by atoms with van der Waals surface area (Å²) in [5.41, 5.74) is 0.797. The fraction of sp³-hybridized carbons (Fsp3) is 0.353. The second kappa shape index (κ2) is 13.5. The van der Waals surface area contributed by atoms with Crippen LogP contribution in [0.5, 0.6) is 0 Å². The van der Waals surface area contributed by atoms with E-state index in [-0.39, 0.29) is 61.1 Å². The molecule has 0 aliphatic heterocycles. The molecule has 2 atom stereocenters. The zero-order valence-electron chi connectivity index (χ0n) is 17.0. The molecule has 1 aromatic carbocycles. The van der Waals surface area contributed by atoms with E-state index in [2.05, 4.69) is 15.4 Å². The van der Waals surface area contributed by atoms with Crippen molar-refractivity contribution in [2.24, 2.45) is 0 Å². The maximum absolute atomic E-state index is 13.1. The van der Waals surface area contributed by atoms with Crippen molar-refractivity contribution in [2.75, 3.05) is 11.5 Å². The molecule has 1 heterocycles. The number of benzene rings is 1. The Morgan fingerprint density at radius 3 is 2.47 bits per heavy atom. The van der Waals surface area contributed by atoms with E-state index in [1.165, 1.54) is 29.6 Å². The van der Waals surface area contributed by atoms with Crippen molar-refractivity contribution in [2.45, 2.75) is 32.2 Å². The number of carboxylic acid groups (broad SMARTS) is 1. The number of carboxylic acids is 1. The molecule has 2 aromatic rings. The van der Waals surface area contributed by atoms with Gasteiger partial charge in [0.15, 0.2) is 5.13 Å². The van der Waals surface area contributed by atoms with Gasteiger partial charge in [-0.25, -0.2) is 9.37 Å². The Balaban J connectivity index is 0.00000420. The van der Waals surface area contributed by atoms with Crippen molar-refractivity contribution in [3.05, 3.63) is 46.7 Å². The van der Waals surface area contributed by atoms with Gasteiger partial charge in [-0.3, -0.25) is 9.88 Å². The van der Waals surface area contributed by atoms with E-state index in [0.29, 0.717) is 12.0 Å². The van der Waals surface area contributed by atoms with E-state index in [0.717, 1.165) is 11.3 Å². The van der Waals surface area contributed by atoms with E-state index < -0.39 is 37.7 Å². The number of anilines is 1. The van der Waals surface area contributed by atoms with Gasteiger partial charge in [0.1, 0.15) is 5.82 Å². The van der Waals surface area contributed by atoms with Gasteiger partial charge < -0.3 is 24.7 Å². The number of rotatable bonds is 10. The minimum Gasteiger partial charge on any atom is -0.788 e. The van der Waals surface area contributed by atoms with Crippen molar-refractivity contribution < 1.29 is 66.3 Å². The molecule has 13 heteroatoms. The van der Waals surface area contributed by atoms with Crippen LogP contribution in [0.3, 0.4) is 0 Å². The first-order valence-corrected chi connectivity index (χ1v) is 11.1. The summed E-state index contributed by atoms with van der Waals surface area (Å²) >= 11 is 1.02. The van der Waals surface area contributed by atoms with Crippen LogP contribution in [-0.4, -0.2) is 29.1 Å². The molecule has 0 fully saturated rings. The summed E-state index contributed by atoms with van der Waals surface area (Å²) in [7, 11) is -4.01. The zero-order valence-corrected chi connectivity index (χ0v) is 18.7. The monoisotopic (exact) mass is 441 g/mol. The minimum atomic E-state index is -4.01. The molecule has 0 aliphatic carbocycles. The predicted molar refractivity (Wildman–Crippen MR) is 99.2 cm³/mol. The molecule has 152 valence electrons. The fourth-order valence-corrected chi connectivity index (χ4v) is 4.55. The quantitative estimate of drug-likeness (QED) is 0.278. The summed E-state index contributed by atoms with van der Waals surface area (Å²) < 4.78 is 25.3. The van der Waals surface area contributed by atoms with Crippen LogP contribution in [0.15, 0.2) is 29.6 Å². The molecule has 2 rings (SSSR count). The van der Waals surface area contributed by atoms with E-state index in [1.54, 1.807) is 6.92 Å². The number of amides is 1. The second-order valence-electron chi connectivity index (χ2n) is 6.09. The fourth-order valence-electron chi connectivity index (χ4n) is 2.44. The van der Waals surface area contributed by atoms with E-state index in [4.69, 9.17) is 0 Å². The zero-order chi connectivity index (χ0) is 20.7. The molecule has 30 heavy (non-hydrogen) atoms. The van der Waals surface area contributed by atoms with Gasteiger partial charge in [0.25, 0.3) is 0 Å². The molecule has 0 aliphatic rings. The number of hydrogen-bond acceptors (Lipinski definition) is 7. The normalized spacial score (nSPS) is 13.3. The van der Waals surface area contributed by atoms with Crippen molar-refractivity contribution in [3.8, 4) is 0 Å². The Kier molecular flexibility index (Phi) is 13.1. The number of hydrogen-bond donors (Lipinski definition) is 2. The summed E-state index contributed by atoms with van der Waals surface area (Å²) in [4.78, 5) is 39.4. The van der Waals surface area contributed by atoms with Gasteiger partial charge in [0.05, 0.1) is 19.3 Å². The SMILES string of the molecule is CCCP(=O)([O-])NC(Cc1ccc(F)cc1)C(=O)Nc1nc(CC(=O)[O-])cs1.[Li+].[Li+]. The topological polar surface area (TPSA) is 134 Å². The molecular weight excluding hydrogens is 422 g/mol. The molecule has 1 aromatic heterocycles. The van der Waals surface area contributed by atoms with Gasteiger partial charge in [-0.05, 0) is 30.5 Å². The van der Waals surface area contributed by atoms with Gasteiger partial charge >= 0.3 is 37.7 Å². The van der Waals surface area contributed by atoms with Crippen molar-refractivity contribution in [3.63, 3.8) is 0 Å². The van der Waals surface area contributed by atoms with E-state index in [9.17, 15) is 28.5 Å². The van der Waals surface area contributed by atoms with Crippen LogP contribution in [0.2, 0.25) is 0 Å². The van der Waals surface area contributed by atoms with E-state index in [1.807, 2.05) is 0 Å². The first-order valence-electron chi connectivity index (χ1n) is 8.46. The number of aromatic nitrogens is 1. The molecule has 0 bridgehead atoms. The summed E-state index contributed by atoms with van der Waals surface area (Å²) in [5, 5.41) is 17.1. The molecule has 2 unspecified atom stereocenters. The minimum absolute atomic E-state index is 0. The Hall–Kier alpha value is -0.935. The van der Waals surface area contributed by atoms with Gasteiger partial charge in [0, 0.05) is 23.9 Å².